The van der Waals surface area contributed by atoms with Crippen molar-refractivity contribution in [2.45, 2.75) is 19.4 Å². The van der Waals surface area contributed by atoms with Gasteiger partial charge in [0.15, 0.2) is 0 Å². The molecule has 1 heterocycles. The summed E-state index contributed by atoms with van der Waals surface area (Å²) in [7, 11) is 0. The van der Waals surface area contributed by atoms with E-state index in [4.69, 9.17) is 5.73 Å². The molecule has 84 valence electrons. The molecule has 0 radical (unpaired) electrons. The number of imide groups is 1. The van der Waals surface area contributed by atoms with E-state index in [0.717, 1.165) is 11.1 Å². The SMILES string of the molecule is Cc1cccc(N)c1CC1NC(=O)NC1=O. The molecule has 1 aromatic rings. The third kappa shape index (κ3) is 1.84. The number of nitrogens with one attached hydrogen (secondary N) is 2. The molecule has 0 saturated carbocycles. The molecule has 0 bridgehead atoms. The lowest BCUT2D eigenvalue weighted by molar-refractivity contribution is -0.120. The molecule has 1 aliphatic rings. The van der Waals surface area contributed by atoms with Gasteiger partial charge < -0.3 is 11.1 Å². The third-order valence-corrected chi connectivity index (χ3v) is 2.71. The molecule has 1 saturated heterocycles. The number of nitrogens with two attached hydrogens (primary N) is 1. The molecular weight excluding hydrogens is 206 g/mol. The van der Waals surface area contributed by atoms with Crippen LogP contribution in [0.15, 0.2) is 18.2 Å². The molecule has 0 spiro atoms. The first-order chi connectivity index (χ1) is 7.58. The van der Waals surface area contributed by atoms with Gasteiger partial charge in [0.2, 0.25) is 0 Å². The monoisotopic (exact) mass is 219 g/mol. The van der Waals surface area contributed by atoms with E-state index in [-0.39, 0.29) is 5.91 Å². The average molecular weight is 219 g/mol. The minimum atomic E-state index is -0.518. The number of hydrogen-bond acceptors (Lipinski definition) is 3. The van der Waals surface area contributed by atoms with E-state index in [1.807, 2.05) is 19.1 Å². The number of rotatable bonds is 2. The summed E-state index contributed by atoms with van der Waals surface area (Å²) in [6, 6.07) is 4.62. The van der Waals surface area contributed by atoms with E-state index in [1.54, 1.807) is 6.07 Å². The van der Waals surface area contributed by atoms with Crippen LogP contribution in [0.1, 0.15) is 11.1 Å². The van der Waals surface area contributed by atoms with Gasteiger partial charge in [0.25, 0.3) is 5.91 Å². The summed E-state index contributed by atoms with van der Waals surface area (Å²) in [5.74, 6) is -0.298. The van der Waals surface area contributed by atoms with Crippen molar-refractivity contribution in [2.24, 2.45) is 0 Å². The highest BCUT2D eigenvalue weighted by Gasteiger charge is 2.30. The van der Waals surface area contributed by atoms with Gasteiger partial charge in [-0.2, -0.15) is 0 Å². The molecule has 1 aromatic carbocycles. The van der Waals surface area contributed by atoms with Crippen LogP contribution < -0.4 is 16.4 Å². The highest BCUT2D eigenvalue weighted by molar-refractivity contribution is 6.04. The number of carbonyl (C=O) groups is 2. The van der Waals surface area contributed by atoms with Gasteiger partial charge in [-0.1, -0.05) is 12.1 Å². The molecular formula is C11H13N3O2. The van der Waals surface area contributed by atoms with Gasteiger partial charge in [0, 0.05) is 12.1 Å². The molecule has 1 fully saturated rings. The maximum atomic E-state index is 11.4. The van der Waals surface area contributed by atoms with Crippen molar-refractivity contribution < 1.29 is 9.59 Å². The van der Waals surface area contributed by atoms with E-state index in [2.05, 4.69) is 10.6 Å². The molecule has 5 heteroatoms. The fraction of sp³-hybridized carbons (Fsp3) is 0.273. The summed E-state index contributed by atoms with van der Waals surface area (Å²) in [4.78, 5) is 22.3. The number of anilines is 1. The average Bonchev–Trinajstić information content (AvgIpc) is 2.51. The fourth-order valence-electron chi connectivity index (χ4n) is 1.81. The molecule has 0 aromatic heterocycles. The van der Waals surface area contributed by atoms with Crippen molar-refractivity contribution in [3.8, 4) is 0 Å². The maximum absolute atomic E-state index is 11.4. The quantitative estimate of drug-likeness (QED) is 0.495. The Morgan fingerprint density at radius 3 is 2.69 bits per heavy atom. The molecule has 2 rings (SSSR count). The van der Waals surface area contributed by atoms with Crippen LogP contribution in [0.5, 0.6) is 0 Å². The second-order valence-electron chi connectivity index (χ2n) is 3.86. The van der Waals surface area contributed by atoms with E-state index >= 15 is 0 Å². The number of hydrogen-bond donors (Lipinski definition) is 3. The number of benzene rings is 1. The Morgan fingerprint density at radius 2 is 2.12 bits per heavy atom. The molecule has 1 aliphatic heterocycles. The first-order valence-electron chi connectivity index (χ1n) is 5.03. The third-order valence-electron chi connectivity index (χ3n) is 2.71. The lowest BCUT2D eigenvalue weighted by Crippen LogP contribution is -2.31. The van der Waals surface area contributed by atoms with Crippen molar-refractivity contribution in [1.29, 1.82) is 0 Å². The summed E-state index contributed by atoms with van der Waals surface area (Å²) in [5.41, 5.74) is 8.41. The van der Waals surface area contributed by atoms with Gasteiger partial charge in [-0.25, -0.2) is 4.79 Å². The van der Waals surface area contributed by atoms with Crippen LogP contribution in [0.3, 0.4) is 0 Å². The second kappa shape index (κ2) is 3.84. The summed E-state index contributed by atoms with van der Waals surface area (Å²) >= 11 is 0. The van der Waals surface area contributed by atoms with Gasteiger partial charge in [-0.15, -0.1) is 0 Å². The van der Waals surface area contributed by atoms with Gasteiger partial charge in [0.1, 0.15) is 6.04 Å². The molecule has 0 aliphatic carbocycles. The van der Waals surface area contributed by atoms with Crippen LogP contribution in [0.4, 0.5) is 10.5 Å². The number of carbonyl (C=O) groups excluding carboxylic acids is 2. The first kappa shape index (κ1) is 10.5. The predicted octanol–water partition coefficient (Wildman–Crippen LogP) is 0.328. The minimum Gasteiger partial charge on any atom is -0.398 e. The molecule has 1 atom stereocenters. The number of aryl methyl sites for hydroxylation is 1. The number of amides is 3. The Hall–Kier alpha value is -2.04. The van der Waals surface area contributed by atoms with Crippen molar-refractivity contribution >= 4 is 17.6 Å². The normalized spacial score (nSPS) is 19.4. The minimum absolute atomic E-state index is 0.298. The molecule has 1 unspecified atom stereocenters. The van der Waals surface area contributed by atoms with Crippen LogP contribution in [0.2, 0.25) is 0 Å². The lowest BCUT2D eigenvalue weighted by atomic mass is 9.99. The van der Waals surface area contributed by atoms with E-state index in [0.29, 0.717) is 12.1 Å². The highest BCUT2D eigenvalue weighted by Crippen LogP contribution is 2.18. The molecule has 4 N–H and O–H groups in total. The predicted molar refractivity (Wildman–Crippen MR) is 59.8 cm³/mol. The summed E-state index contributed by atoms with van der Waals surface area (Å²) in [6.45, 7) is 1.93. The van der Waals surface area contributed by atoms with E-state index in [9.17, 15) is 9.59 Å². The standard InChI is InChI=1S/C11H13N3O2/c1-6-3-2-4-8(12)7(6)5-9-10(15)14-11(16)13-9/h2-4,9H,5,12H2,1H3,(H2,13,14,15,16). The maximum Gasteiger partial charge on any atom is 0.322 e. The molecule has 3 amide bonds. The Bertz CT molecular complexity index is 436. The van der Waals surface area contributed by atoms with Crippen LogP contribution >= 0.6 is 0 Å². The topological polar surface area (TPSA) is 84.2 Å². The Balaban J connectivity index is 2.21. The Labute approximate surface area is 93.0 Å². The zero-order valence-corrected chi connectivity index (χ0v) is 8.91. The largest absolute Gasteiger partial charge is 0.398 e. The molecule has 16 heavy (non-hydrogen) atoms. The van der Waals surface area contributed by atoms with Crippen molar-refractivity contribution in [2.75, 3.05) is 5.73 Å². The Morgan fingerprint density at radius 1 is 1.38 bits per heavy atom. The smallest absolute Gasteiger partial charge is 0.322 e. The zero-order chi connectivity index (χ0) is 11.7. The fourth-order valence-corrected chi connectivity index (χ4v) is 1.81. The van der Waals surface area contributed by atoms with Gasteiger partial charge in [0.05, 0.1) is 0 Å². The number of urea groups is 1. The number of nitrogen functional groups attached to an aromatic ring is 1. The van der Waals surface area contributed by atoms with Crippen LogP contribution in [0.25, 0.3) is 0 Å². The summed E-state index contributed by atoms with van der Waals surface area (Å²) in [5, 5.41) is 4.75. The van der Waals surface area contributed by atoms with E-state index < -0.39 is 12.1 Å². The highest BCUT2D eigenvalue weighted by atomic mass is 16.2. The lowest BCUT2D eigenvalue weighted by Gasteiger charge is -2.12. The van der Waals surface area contributed by atoms with Crippen molar-refractivity contribution in [3.05, 3.63) is 29.3 Å². The van der Waals surface area contributed by atoms with Crippen molar-refractivity contribution in [1.82, 2.24) is 10.6 Å². The van der Waals surface area contributed by atoms with Crippen LogP contribution in [-0.4, -0.2) is 18.0 Å². The zero-order valence-electron chi connectivity index (χ0n) is 8.91. The molecule has 5 nitrogen and oxygen atoms in total. The van der Waals surface area contributed by atoms with Crippen LogP contribution in [0, 0.1) is 6.92 Å². The first-order valence-corrected chi connectivity index (χ1v) is 5.03. The van der Waals surface area contributed by atoms with Crippen LogP contribution in [-0.2, 0) is 11.2 Å². The second-order valence-corrected chi connectivity index (χ2v) is 3.86. The Kier molecular flexibility index (Phi) is 2.52. The van der Waals surface area contributed by atoms with Gasteiger partial charge in [-0.05, 0) is 24.1 Å². The van der Waals surface area contributed by atoms with Crippen molar-refractivity contribution in [3.63, 3.8) is 0 Å². The summed E-state index contributed by atoms with van der Waals surface area (Å²) < 4.78 is 0. The van der Waals surface area contributed by atoms with E-state index in [1.165, 1.54) is 0 Å². The van der Waals surface area contributed by atoms with Gasteiger partial charge in [-0.3, -0.25) is 10.1 Å². The summed E-state index contributed by atoms with van der Waals surface area (Å²) in [6.07, 6.45) is 0.427. The van der Waals surface area contributed by atoms with Gasteiger partial charge >= 0.3 is 6.03 Å².